The van der Waals surface area contributed by atoms with Gasteiger partial charge in [0.05, 0.1) is 19.3 Å². The number of rotatable bonds is 4. The van der Waals surface area contributed by atoms with Crippen LogP contribution in [0.25, 0.3) is 0 Å². The minimum Gasteiger partial charge on any atom is -0.271 e. The van der Waals surface area contributed by atoms with Gasteiger partial charge < -0.3 is 0 Å². The molecule has 0 radical (unpaired) electrons. The zero-order chi connectivity index (χ0) is 12.3. The Balaban J connectivity index is 2.20. The Hall–Kier alpha value is -1.93. The van der Waals surface area contributed by atoms with Crippen LogP contribution in [0.4, 0.5) is 4.39 Å². The minimum atomic E-state index is -0.417. The molecule has 2 aromatic rings. The van der Waals surface area contributed by atoms with Gasteiger partial charge in [0, 0.05) is 18.2 Å². The van der Waals surface area contributed by atoms with Gasteiger partial charge in [-0.3, -0.25) is 16.3 Å². The van der Waals surface area contributed by atoms with Gasteiger partial charge in [-0.15, -0.1) is 10.2 Å². The molecule has 17 heavy (non-hydrogen) atoms. The lowest BCUT2D eigenvalue weighted by Crippen LogP contribution is -2.30. The molecular weight excluding hydrogens is 225 g/mol. The van der Waals surface area contributed by atoms with Gasteiger partial charge in [0.25, 0.3) is 0 Å². The summed E-state index contributed by atoms with van der Waals surface area (Å²) in [5.74, 6) is 5.48. The number of aryl methyl sites for hydroxylation is 1. The van der Waals surface area contributed by atoms with Gasteiger partial charge in [-0.1, -0.05) is 0 Å². The van der Waals surface area contributed by atoms with Crippen molar-refractivity contribution in [1.29, 1.82) is 0 Å². The van der Waals surface area contributed by atoms with E-state index in [-0.39, 0.29) is 0 Å². The van der Waals surface area contributed by atoms with Crippen LogP contribution in [0.15, 0.2) is 18.5 Å². The number of hydrazine groups is 1. The molecule has 2 aromatic heterocycles. The van der Waals surface area contributed by atoms with Gasteiger partial charge in [-0.05, 0) is 11.3 Å². The molecule has 0 aromatic carbocycles. The maximum atomic E-state index is 13.5. The Morgan fingerprint density at radius 1 is 1.59 bits per heavy atom. The minimum absolute atomic E-state index is 0.352. The summed E-state index contributed by atoms with van der Waals surface area (Å²) in [5, 5.41) is 11.5. The van der Waals surface area contributed by atoms with Crippen molar-refractivity contribution in [3.05, 3.63) is 35.7 Å². The van der Waals surface area contributed by atoms with Crippen molar-refractivity contribution in [3.63, 3.8) is 0 Å². The Labute approximate surface area is 96.8 Å². The summed E-state index contributed by atoms with van der Waals surface area (Å²) in [7, 11) is 1.66. The molecule has 2 heterocycles. The summed E-state index contributed by atoms with van der Waals surface area (Å²) >= 11 is 0. The third-order valence-corrected chi connectivity index (χ3v) is 2.32. The van der Waals surface area contributed by atoms with Crippen LogP contribution in [0.2, 0.25) is 0 Å². The van der Waals surface area contributed by atoms with Crippen molar-refractivity contribution in [2.24, 2.45) is 12.9 Å². The maximum absolute atomic E-state index is 13.5. The van der Waals surface area contributed by atoms with E-state index in [1.807, 2.05) is 0 Å². The first-order valence-corrected chi connectivity index (χ1v) is 4.99. The van der Waals surface area contributed by atoms with Crippen molar-refractivity contribution < 1.29 is 4.39 Å². The Morgan fingerprint density at radius 3 is 3.00 bits per heavy atom. The monoisotopic (exact) mass is 237 g/mol. The second-order valence-corrected chi connectivity index (χ2v) is 3.52. The van der Waals surface area contributed by atoms with Crippen LogP contribution in [0.5, 0.6) is 0 Å². The van der Waals surface area contributed by atoms with E-state index in [9.17, 15) is 4.39 Å². The van der Waals surface area contributed by atoms with E-state index in [1.165, 1.54) is 11.0 Å². The van der Waals surface area contributed by atoms with E-state index in [2.05, 4.69) is 25.8 Å². The molecule has 0 spiro atoms. The van der Waals surface area contributed by atoms with Gasteiger partial charge in [0.15, 0.2) is 5.82 Å². The lowest BCUT2D eigenvalue weighted by molar-refractivity contribution is 0.498. The lowest BCUT2D eigenvalue weighted by atomic mass is 10.1. The third-order valence-electron chi connectivity index (χ3n) is 2.32. The second-order valence-electron chi connectivity index (χ2n) is 3.52. The van der Waals surface area contributed by atoms with E-state index in [0.717, 1.165) is 6.20 Å². The largest absolute Gasteiger partial charge is 0.271 e. The molecule has 1 atom stereocenters. The predicted octanol–water partition coefficient (Wildman–Crippen LogP) is -0.509. The van der Waals surface area contributed by atoms with Crippen LogP contribution >= 0.6 is 0 Å². The van der Waals surface area contributed by atoms with Crippen molar-refractivity contribution in [1.82, 2.24) is 30.6 Å². The zero-order valence-corrected chi connectivity index (χ0v) is 9.21. The average molecular weight is 237 g/mol. The Kier molecular flexibility index (Phi) is 3.35. The smallest absolute Gasteiger partial charge is 0.176 e. The van der Waals surface area contributed by atoms with Gasteiger partial charge in [0.1, 0.15) is 5.82 Å². The van der Waals surface area contributed by atoms with E-state index in [4.69, 9.17) is 5.84 Å². The molecule has 0 saturated heterocycles. The molecule has 0 aliphatic carbocycles. The fraction of sp³-hybridized carbons (Fsp3) is 0.333. The topological polar surface area (TPSA) is 94.5 Å². The number of nitrogens with zero attached hydrogens (tertiary/aromatic N) is 5. The fourth-order valence-corrected chi connectivity index (χ4v) is 1.51. The first-order chi connectivity index (χ1) is 8.20. The highest BCUT2D eigenvalue weighted by Gasteiger charge is 2.17. The van der Waals surface area contributed by atoms with Gasteiger partial charge >= 0.3 is 0 Å². The Morgan fingerprint density at radius 2 is 2.41 bits per heavy atom. The molecule has 0 fully saturated rings. The molecule has 1 unspecified atom stereocenters. The molecule has 0 amide bonds. The number of aromatic nitrogens is 5. The van der Waals surface area contributed by atoms with Crippen LogP contribution in [0.3, 0.4) is 0 Å². The molecule has 0 bridgehead atoms. The molecule has 90 valence electrons. The molecule has 2 rings (SSSR count). The normalized spacial score (nSPS) is 12.6. The molecule has 0 aliphatic rings. The van der Waals surface area contributed by atoms with Crippen LogP contribution in [-0.4, -0.2) is 25.2 Å². The zero-order valence-electron chi connectivity index (χ0n) is 9.21. The summed E-state index contributed by atoms with van der Waals surface area (Å²) < 4.78 is 13.5. The maximum Gasteiger partial charge on any atom is 0.176 e. The van der Waals surface area contributed by atoms with Crippen molar-refractivity contribution in [2.75, 3.05) is 0 Å². The van der Waals surface area contributed by atoms with Crippen molar-refractivity contribution in [2.45, 2.75) is 12.5 Å². The van der Waals surface area contributed by atoms with Crippen molar-refractivity contribution >= 4 is 0 Å². The van der Waals surface area contributed by atoms with E-state index in [0.29, 0.717) is 17.8 Å². The molecule has 3 N–H and O–H groups in total. The fourth-order valence-electron chi connectivity index (χ4n) is 1.51. The first-order valence-electron chi connectivity index (χ1n) is 4.99. The average Bonchev–Trinajstić information content (AvgIpc) is 2.73. The standard InChI is InChI=1S/C9H12FN7/c1-17-15-9(14-16-17)4-8(13-11)6-2-3-12-5-7(6)10/h2-3,5,8,13H,4,11H2,1H3. The van der Waals surface area contributed by atoms with E-state index >= 15 is 0 Å². The summed E-state index contributed by atoms with van der Waals surface area (Å²) in [5.41, 5.74) is 2.96. The highest BCUT2D eigenvalue weighted by Crippen LogP contribution is 2.17. The number of halogens is 1. The lowest BCUT2D eigenvalue weighted by Gasteiger charge is -2.14. The van der Waals surface area contributed by atoms with Gasteiger partial charge in [-0.25, -0.2) is 4.39 Å². The van der Waals surface area contributed by atoms with Gasteiger partial charge in [0.2, 0.25) is 0 Å². The summed E-state index contributed by atoms with van der Waals surface area (Å²) in [6.45, 7) is 0. The Bertz CT molecular complexity index is 498. The molecule has 7 nitrogen and oxygen atoms in total. The molecule has 0 aliphatic heterocycles. The van der Waals surface area contributed by atoms with Crippen LogP contribution in [0, 0.1) is 5.82 Å². The van der Waals surface area contributed by atoms with Gasteiger partial charge in [-0.2, -0.15) is 4.80 Å². The predicted molar refractivity (Wildman–Crippen MR) is 56.8 cm³/mol. The third kappa shape index (κ3) is 2.60. The highest BCUT2D eigenvalue weighted by atomic mass is 19.1. The number of nitrogens with two attached hydrogens (primary N) is 1. The number of hydrogen-bond donors (Lipinski definition) is 2. The van der Waals surface area contributed by atoms with Crippen LogP contribution in [0.1, 0.15) is 17.4 Å². The summed E-state index contributed by atoms with van der Waals surface area (Å²) in [6, 6.07) is 1.15. The van der Waals surface area contributed by atoms with E-state index in [1.54, 1.807) is 13.1 Å². The highest BCUT2D eigenvalue weighted by molar-refractivity contribution is 5.18. The number of hydrogen-bond acceptors (Lipinski definition) is 6. The number of tetrazole rings is 1. The van der Waals surface area contributed by atoms with Crippen LogP contribution < -0.4 is 11.3 Å². The molecule has 0 saturated carbocycles. The summed E-state index contributed by atoms with van der Waals surface area (Å²) in [6.07, 6.45) is 3.00. The van der Waals surface area contributed by atoms with E-state index < -0.39 is 11.9 Å². The number of nitrogens with one attached hydrogen (secondary N) is 1. The van der Waals surface area contributed by atoms with Crippen LogP contribution in [-0.2, 0) is 13.5 Å². The van der Waals surface area contributed by atoms with Crippen molar-refractivity contribution in [3.8, 4) is 0 Å². The number of pyridine rings is 1. The SMILES string of the molecule is Cn1nnc(CC(NN)c2ccncc2F)n1. The molecule has 8 heteroatoms. The summed E-state index contributed by atoms with van der Waals surface area (Å²) in [4.78, 5) is 5.02. The quantitative estimate of drug-likeness (QED) is 0.549. The first kappa shape index (κ1) is 11.6. The molecular formula is C9H12FN7. The second kappa shape index (κ2) is 4.93.